The molecule has 1 fully saturated rings. The van der Waals surface area contributed by atoms with Gasteiger partial charge in [0, 0.05) is 61.0 Å². The highest BCUT2D eigenvalue weighted by molar-refractivity contribution is 6.30. The number of carbonyl (C=O) groups is 2. The maximum atomic E-state index is 13.0. The Bertz CT molecular complexity index is 1060. The van der Waals surface area contributed by atoms with Crippen LogP contribution in [-0.4, -0.2) is 52.5 Å². The Morgan fingerprint density at radius 3 is 2.47 bits per heavy atom. The Hall–Kier alpha value is -2.99. The van der Waals surface area contributed by atoms with Crippen molar-refractivity contribution in [1.29, 1.82) is 0 Å². The van der Waals surface area contributed by atoms with Gasteiger partial charge in [0.25, 0.3) is 0 Å². The average molecular weight is 425 g/mol. The molecule has 1 aliphatic rings. The molecule has 2 heterocycles. The van der Waals surface area contributed by atoms with E-state index < -0.39 is 0 Å². The third-order valence-electron chi connectivity index (χ3n) is 5.55. The topological polar surface area (TPSA) is 57.6 Å². The summed E-state index contributed by atoms with van der Waals surface area (Å²) in [4.78, 5) is 29.2. The molecule has 156 valence electrons. The molecule has 30 heavy (non-hydrogen) atoms. The van der Waals surface area contributed by atoms with E-state index in [1.165, 1.54) is 0 Å². The summed E-state index contributed by atoms with van der Waals surface area (Å²) in [6.07, 6.45) is 3.17. The lowest BCUT2D eigenvalue weighted by molar-refractivity contribution is -0.130. The van der Waals surface area contributed by atoms with Crippen LogP contribution in [0.15, 0.2) is 54.7 Å². The predicted molar refractivity (Wildman–Crippen MR) is 120 cm³/mol. The van der Waals surface area contributed by atoms with Gasteiger partial charge in [0.1, 0.15) is 0 Å². The maximum absolute atomic E-state index is 13.0. The standard InChI is InChI=1S/C23H25ClN4O2/c1-26-16-17(20-5-2-3-6-21(20)26)15-22(29)27-11-4-12-28(14-13-27)23(30)25-19-9-7-18(24)8-10-19/h2-3,5-10,16H,4,11-15H2,1H3,(H,25,30). The monoisotopic (exact) mass is 424 g/mol. The number of para-hydroxylation sites is 1. The van der Waals surface area contributed by atoms with E-state index in [4.69, 9.17) is 11.6 Å². The van der Waals surface area contributed by atoms with Gasteiger partial charge in [0.2, 0.25) is 5.91 Å². The molecular weight excluding hydrogens is 400 g/mol. The van der Waals surface area contributed by atoms with Crippen LogP contribution in [0.5, 0.6) is 0 Å². The Kier molecular flexibility index (Phi) is 5.95. The zero-order valence-electron chi connectivity index (χ0n) is 17.0. The van der Waals surface area contributed by atoms with Gasteiger partial charge < -0.3 is 19.7 Å². The molecule has 1 aromatic heterocycles. The minimum atomic E-state index is -0.152. The van der Waals surface area contributed by atoms with Crippen LogP contribution in [0.1, 0.15) is 12.0 Å². The summed E-state index contributed by atoms with van der Waals surface area (Å²) in [5.41, 5.74) is 2.87. The fraction of sp³-hybridized carbons (Fsp3) is 0.304. The van der Waals surface area contributed by atoms with E-state index in [0.717, 1.165) is 22.9 Å². The van der Waals surface area contributed by atoms with Crippen LogP contribution in [0.25, 0.3) is 10.9 Å². The van der Waals surface area contributed by atoms with Gasteiger partial charge in [-0.25, -0.2) is 4.79 Å². The predicted octanol–water partition coefficient (Wildman–Crippen LogP) is 4.14. The lowest BCUT2D eigenvalue weighted by atomic mass is 10.1. The first kappa shape index (κ1) is 20.3. The SMILES string of the molecule is Cn1cc(CC(=O)N2CCCN(C(=O)Nc3ccc(Cl)cc3)CC2)c2ccccc21. The van der Waals surface area contributed by atoms with Crippen molar-refractivity contribution in [2.45, 2.75) is 12.8 Å². The second-order valence-electron chi connectivity index (χ2n) is 7.62. The summed E-state index contributed by atoms with van der Waals surface area (Å²) in [6, 6.07) is 15.0. The van der Waals surface area contributed by atoms with Crippen molar-refractivity contribution in [3.05, 3.63) is 65.3 Å². The molecule has 0 spiro atoms. The van der Waals surface area contributed by atoms with Gasteiger partial charge in [-0.1, -0.05) is 29.8 Å². The summed E-state index contributed by atoms with van der Waals surface area (Å²) in [6.45, 7) is 2.34. The smallest absolute Gasteiger partial charge is 0.321 e. The molecule has 2 aromatic carbocycles. The molecule has 0 unspecified atom stereocenters. The molecule has 1 saturated heterocycles. The van der Waals surface area contributed by atoms with Crippen LogP contribution in [0.3, 0.4) is 0 Å². The first-order chi connectivity index (χ1) is 14.5. The van der Waals surface area contributed by atoms with Gasteiger partial charge in [-0.2, -0.15) is 0 Å². The molecule has 0 bridgehead atoms. The van der Waals surface area contributed by atoms with Crippen LogP contribution < -0.4 is 5.32 Å². The molecule has 1 N–H and O–H groups in total. The Morgan fingerprint density at radius 1 is 0.967 bits per heavy atom. The number of halogens is 1. The Morgan fingerprint density at radius 2 is 1.67 bits per heavy atom. The Balaban J connectivity index is 1.37. The van der Waals surface area contributed by atoms with Crippen molar-refractivity contribution < 1.29 is 9.59 Å². The highest BCUT2D eigenvalue weighted by Crippen LogP contribution is 2.21. The molecule has 3 amide bonds. The van der Waals surface area contributed by atoms with Crippen molar-refractivity contribution in [1.82, 2.24) is 14.4 Å². The number of nitrogens with one attached hydrogen (secondary N) is 1. The van der Waals surface area contributed by atoms with Gasteiger partial charge in [-0.05, 0) is 42.3 Å². The second-order valence-corrected chi connectivity index (χ2v) is 8.05. The van der Waals surface area contributed by atoms with E-state index in [1.54, 1.807) is 29.2 Å². The van der Waals surface area contributed by atoms with Crippen molar-refractivity contribution in [2.24, 2.45) is 7.05 Å². The zero-order valence-corrected chi connectivity index (χ0v) is 17.7. The summed E-state index contributed by atoms with van der Waals surface area (Å²) in [5.74, 6) is 0.103. The van der Waals surface area contributed by atoms with Crippen LogP contribution in [0.4, 0.5) is 10.5 Å². The van der Waals surface area contributed by atoms with Crippen molar-refractivity contribution in [3.8, 4) is 0 Å². The molecular formula is C23H25ClN4O2. The fourth-order valence-electron chi connectivity index (χ4n) is 3.95. The largest absolute Gasteiger partial charge is 0.350 e. The van der Waals surface area contributed by atoms with Gasteiger partial charge in [0.15, 0.2) is 0 Å². The zero-order chi connectivity index (χ0) is 21.1. The van der Waals surface area contributed by atoms with Gasteiger partial charge in [-0.15, -0.1) is 0 Å². The molecule has 0 saturated carbocycles. The van der Waals surface area contributed by atoms with Crippen LogP contribution in [0.2, 0.25) is 5.02 Å². The number of benzene rings is 2. The minimum Gasteiger partial charge on any atom is -0.350 e. The normalized spacial score (nSPS) is 14.6. The molecule has 6 nitrogen and oxygen atoms in total. The number of nitrogens with zero attached hydrogens (tertiary/aromatic N) is 3. The Labute approximate surface area is 181 Å². The average Bonchev–Trinajstić information content (AvgIpc) is 2.92. The number of hydrogen-bond donors (Lipinski definition) is 1. The number of urea groups is 1. The number of hydrogen-bond acceptors (Lipinski definition) is 2. The molecule has 1 aliphatic heterocycles. The number of rotatable bonds is 3. The molecule has 4 rings (SSSR count). The number of carbonyl (C=O) groups excluding carboxylic acids is 2. The number of anilines is 1. The molecule has 0 atom stereocenters. The molecule has 3 aromatic rings. The second kappa shape index (κ2) is 8.79. The van der Waals surface area contributed by atoms with Gasteiger partial charge in [0.05, 0.1) is 6.42 Å². The number of fused-ring (bicyclic) bond motifs is 1. The number of amides is 3. The van der Waals surface area contributed by atoms with Crippen molar-refractivity contribution in [3.63, 3.8) is 0 Å². The quantitative estimate of drug-likeness (QED) is 0.687. The van der Waals surface area contributed by atoms with Gasteiger partial charge in [-0.3, -0.25) is 4.79 Å². The van der Waals surface area contributed by atoms with Crippen molar-refractivity contribution >= 4 is 40.1 Å². The first-order valence-electron chi connectivity index (χ1n) is 10.1. The third-order valence-corrected chi connectivity index (χ3v) is 5.80. The van der Waals surface area contributed by atoms with E-state index >= 15 is 0 Å². The molecule has 0 radical (unpaired) electrons. The molecule has 0 aliphatic carbocycles. The van der Waals surface area contributed by atoms with Gasteiger partial charge >= 0.3 is 6.03 Å². The number of aryl methyl sites for hydroxylation is 1. The highest BCUT2D eigenvalue weighted by Gasteiger charge is 2.23. The molecule has 7 heteroatoms. The van der Waals surface area contributed by atoms with E-state index in [2.05, 4.69) is 22.0 Å². The fourth-order valence-corrected chi connectivity index (χ4v) is 4.07. The van der Waals surface area contributed by atoms with E-state index in [-0.39, 0.29) is 11.9 Å². The maximum Gasteiger partial charge on any atom is 0.321 e. The summed E-state index contributed by atoms with van der Waals surface area (Å²) in [7, 11) is 2.00. The summed E-state index contributed by atoms with van der Waals surface area (Å²) >= 11 is 5.89. The summed E-state index contributed by atoms with van der Waals surface area (Å²) < 4.78 is 2.06. The van der Waals surface area contributed by atoms with E-state index in [0.29, 0.717) is 43.3 Å². The lowest BCUT2D eigenvalue weighted by Crippen LogP contribution is -2.39. The summed E-state index contributed by atoms with van der Waals surface area (Å²) in [5, 5.41) is 4.64. The third kappa shape index (κ3) is 4.44. The lowest BCUT2D eigenvalue weighted by Gasteiger charge is -2.22. The highest BCUT2D eigenvalue weighted by atomic mass is 35.5. The van der Waals surface area contributed by atoms with E-state index in [1.807, 2.05) is 30.3 Å². The van der Waals surface area contributed by atoms with Crippen LogP contribution in [0, 0.1) is 0 Å². The van der Waals surface area contributed by atoms with Crippen molar-refractivity contribution in [2.75, 3.05) is 31.5 Å². The van der Waals surface area contributed by atoms with Crippen LogP contribution in [-0.2, 0) is 18.3 Å². The minimum absolute atomic E-state index is 0.103. The van der Waals surface area contributed by atoms with E-state index in [9.17, 15) is 9.59 Å². The van der Waals surface area contributed by atoms with Crippen LogP contribution >= 0.6 is 11.6 Å². The number of aromatic nitrogens is 1. The first-order valence-corrected chi connectivity index (χ1v) is 10.5.